The summed E-state index contributed by atoms with van der Waals surface area (Å²) in [6, 6.07) is 25.7. The van der Waals surface area contributed by atoms with Crippen molar-refractivity contribution in [3.05, 3.63) is 95.3 Å². The molecular formula is C26H24ClN3O2. The highest BCUT2D eigenvalue weighted by molar-refractivity contribution is 6.32. The van der Waals surface area contributed by atoms with Gasteiger partial charge in [-0.2, -0.15) is 0 Å². The van der Waals surface area contributed by atoms with Gasteiger partial charge in [-0.05, 0) is 29.8 Å². The lowest BCUT2D eigenvalue weighted by Crippen LogP contribution is -2.24. The number of benzene rings is 3. The highest BCUT2D eigenvalue weighted by atomic mass is 35.5. The molecule has 0 radical (unpaired) electrons. The fraction of sp³-hybridized carbons (Fsp3) is 0.231. The van der Waals surface area contributed by atoms with Gasteiger partial charge in [0.25, 0.3) is 0 Å². The van der Waals surface area contributed by atoms with E-state index in [0.717, 1.165) is 22.4 Å². The molecule has 0 unspecified atom stereocenters. The van der Waals surface area contributed by atoms with Crippen LogP contribution in [0.2, 0.25) is 5.02 Å². The van der Waals surface area contributed by atoms with E-state index in [1.165, 1.54) is 0 Å². The molecule has 1 aromatic heterocycles. The molecule has 162 valence electrons. The smallest absolute Gasteiger partial charge is 0.223 e. The zero-order valence-corrected chi connectivity index (χ0v) is 18.4. The fourth-order valence-electron chi connectivity index (χ4n) is 4.35. The first-order valence-electron chi connectivity index (χ1n) is 10.8. The molecule has 1 aliphatic rings. The third-order valence-electron chi connectivity index (χ3n) is 5.89. The van der Waals surface area contributed by atoms with E-state index in [4.69, 9.17) is 21.3 Å². The average molecular weight is 446 g/mol. The first-order valence-corrected chi connectivity index (χ1v) is 11.2. The Hall–Kier alpha value is -3.31. The molecule has 32 heavy (non-hydrogen) atoms. The van der Waals surface area contributed by atoms with Gasteiger partial charge in [-0.25, -0.2) is 4.98 Å². The maximum Gasteiger partial charge on any atom is 0.223 e. The number of halogens is 1. The summed E-state index contributed by atoms with van der Waals surface area (Å²) in [4.78, 5) is 19.6. The number of rotatable bonds is 7. The number of amides is 1. The van der Waals surface area contributed by atoms with Gasteiger partial charge in [-0.3, -0.25) is 4.79 Å². The Labute approximate surface area is 192 Å². The van der Waals surface area contributed by atoms with E-state index in [0.29, 0.717) is 43.4 Å². The van der Waals surface area contributed by atoms with Crippen molar-refractivity contribution in [3.8, 4) is 5.75 Å². The van der Waals surface area contributed by atoms with Crippen LogP contribution >= 0.6 is 11.6 Å². The Balaban J connectivity index is 1.37. The number of aromatic nitrogens is 2. The molecule has 5 rings (SSSR count). The van der Waals surface area contributed by atoms with Gasteiger partial charge >= 0.3 is 0 Å². The molecule has 3 aromatic carbocycles. The Bertz CT molecular complexity index is 1240. The minimum Gasteiger partial charge on any atom is -0.490 e. The second-order valence-electron chi connectivity index (χ2n) is 8.05. The molecule has 5 nitrogen and oxygen atoms in total. The molecular weight excluding hydrogens is 422 g/mol. The van der Waals surface area contributed by atoms with Gasteiger partial charge in [0.05, 0.1) is 22.6 Å². The number of hydrogen-bond acceptors (Lipinski definition) is 3. The van der Waals surface area contributed by atoms with Crippen LogP contribution in [0.4, 0.5) is 0 Å². The van der Waals surface area contributed by atoms with Crippen LogP contribution < -0.4 is 4.74 Å². The van der Waals surface area contributed by atoms with Crippen molar-refractivity contribution in [2.45, 2.75) is 25.4 Å². The summed E-state index contributed by atoms with van der Waals surface area (Å²) < 4.78 is 8.13. The van der Waals surface area contributed by atoms with Crippen LogP contribution in [0, 0.1) is 0 Å². The summed E-state index contributed by atoms with van der Waals surface area (Å²) in [6.07, 6.45) is 0.474. The van der Waals surface area contributed by atoms with E-state index in [2.05, 4.69) is 22.8 Å². The molecule has 1 amide bonds. The highest BCUT2D eigenvalue weighted by Gasteiger charge is 2.34. The minimum atomic E-state index is 0.0546. The molecule has 0 spiro atoms. The summed E-state index contributed by atoms with van der Waals surface area (Å²) >= 11 is 6.23. The molecule has 1 fully saturated rings. The van der Waals surface area contributed by atoms with E-state index in [1.807, 2.05) is 65.6 Å². The molecule has 1 aliphatic heterocycles. The van der Waals surface area contributed by atoms with E-state index in [9.17, 15) is 4.79 Å². The number of fused-ring (bicyclic) bond motifs is 1. The predicted molar refractivity (Wildman–Crippen MR) is 126 cm³/mol. The first kappa shape index (κ1) is 20.6. The number of hydrogen-bond donors (Lipinski definition) is 0. The first-order chi connectivity index (χ1) is 15.7. The standard InChI is InChI=1S/C26H24ClN3O2/c27-21-10-4-7-13-24(21)32-15-14-30-23-12-6-5-11-22(23)28-26(30)20-16-25(31)29(18-20)17-19-8-2-1-3-9-19/h1-13,20H,14-18H2/t20-/m0/s1. The summed E-state index contributed by atoms with van der Waals surface area (Å²) in [5.41, 5.74) is 3.14. The second-order valence-corrected chi connectivity index (χ2v) is 8.46. The van der Waals surface area contributed by atoms with Gasteiger partial charge in [-0.15, -0.1) is 0 Å². The van der Waals surface area contributed by atoms with E-state index < -0.39 is 0 Å². The van der Waals surface area contributed by atoms with Crippen LogP contribution in [0.5, 0.6) is 5.75 Å². The molecule has 4 aromatic rings. The zero-order valence-electron chi connectivity index (χ0n) is 17.7. The average Bonchev–Trinajstić information content (AvgIpc) is 3.36. The van der Waals surface area contributed by atoms with Gasteiger partial charge in [0.15, 0.2) is 0 Å². The SMILES string of the molecule is O=C1C[C@H](c2nc3ccccc3n2CCOc2ccccc2Cl)CN1Cc1ccccc1. The third kappa shape index (κ3) is 4.21. The Morgan fingerprint density at radius 2 is 1.72 bits per heavy atom. The number of carbonyl (C=O) groups excluding carboxylic acids is 1. The van der Waals surface area contributed by atoms with Crippen LogP contribution in [-0.2, 0) is 17.9 Å². The molecule has 6 heteroatoms. The zero-order chi connectivity index (χ0) is 21.9. The number of ether oxygens (including phenoxy) is 1. The summed E-state index contributed by atoms with van der Waals surface area (Å²) in [7, 11) is 0. The van der Waals surface area contributed by atoms with Crippen LogP contribution in [0.25, 0.3) is 11.0 Å². The van der Waals surface area contributed by atoms with Crippen molar-refractivity contribution in [2.75, 3.05) is 13.2 Å². The van der Waals surface area contributed by atoms with E-state index in [-0.39, 0.29) is 11.8 Å². The lowest BCUT2D eigenvalue weighted by atomic mass is 10.1. The molecule has 2 heterocycles. The maximum absolute atomic E-state index is 12.8. The van der Waals surface area contributed by atoms with Gasteiger partial charge in [0, 0.05) is 25.4 Å². The fourth-order valence-corrected chi connectivity index (χ4v) is 4.54. The summed E-state index contributed by atoms with van der Waals surface area (Å²) in [5.74, 6) is 1.84. The maximum atomic E-state index is 12.8. The monoisotopic (exact) mass is 445 g/mol. The molecule has 0 aliphatic carbocycles. The van der Waals surface area contributed by atoms with E-state index >= 15 is 0 Å². The van der Waals surface area contributed by atoms with Gasteiger partial charge in [-0.1, -0.05) is 66.2 Å². The molecule has 0 bridgehead atoms. The van der Waals surface area contributed by atoms with E-state index in [1.54, 1.807) is 0 Å². The van der Waals surface area contributed by atoms with Crippen LogP contribution in [0.15, 0.2) is 78.9 Å². The largest absolute Gasteiger partial charge is 0.490 e. The third-order valence-corrected chi connectivity index (χ3v) is 6.20. The highest BCUT2D eigenvalue weighted by Crippen LogP contribution is 2.31. The lowest BCUT2D eigenvalue weighted by molar-refractivity contribution is -0.128. The van der Waals surface area contributed by atoms with Gasteiger partial charge < -0.3 is 14.2 Å². The molecule has 0 saturated carbocycles. The number of carbonyl (C=O) groups is 1. The second kappa shape index (κ2) is 9.05. The van der Waals surface area contributed by atoms with Crippen molar-refractivity contribution in [2.24, 2.45) is 0 Å². The van der Waals surface area contributed by atoms with Crippen molar-refractivity contribution in [3.63, 3.8) is 0 Å². The number of nitrogens with zero attached hydrogens (tertiary/aromatic N) is 3. The van der Waals surface area contributed by atoms with Crippen LogP contribution in [0.1, 0.15) is 23.7 Å². The van der Waals surface area contributed by atoms with Crippen LogP contribution in [-0.4, -0.2) is 33.5 Å². The van der Waals surface area contributed by atoms with Crippen LogP contribution in [0.3, 0.4) is 0 Å². The molecule has 1 saturated heterocycles. The topological polar surface area (TPSA) is 47.4 Å². The number of likely N-dealkylation sites (tertiary alicyclic amines) is 1. The minimum absolute atomic E-state index is 0.0546. The number of para-hydroxylation sites is 3. The molecule has 1 atom stereocenters. The Kier molecular flexibility index (Phi) is 5.82. The predicted octanol–water partition coefficient (Wildman–Crippen LogP) is 5.28. The quantitative estimate of drug-likeness (QED) is 0.388. The van der Waals surface area contributed by atoms with Crippen molar-refractivity contribution < 1.29 is 9.53 Å². The molecule has 0 N–H and O–H groups in total. The number of imidazole rings is 1. The van der Waals surface area contributed by atoms with Crippen molar-refractivity contribution in [1.29, 1.82) is 0 Å². The summed E-state index contributed by atoms with van der Waals surface area (Å²) in [6.45, 7) is 2.39. The van der Waals surface area contributed by atoms with Gasteiger partial charge in [0.2, 0.25) is 5.91 Å². The van der Waals surface area contributed by atoms with Crippen molar-refractivity contribution in [1.82, 2.24) is 14.5 Å². The van der Waals surface area contributed by atoms with Gasteiger partial charge in [0.1, 0.15) is 18.2 Å². The summed E-state index contributed by atoms with van der Waals surface area (Å²) in [5, 5.41) is 0.598. The Morgan fingerprint density at radius 1 is 0.969 bits per heavy atom. The Morgan fingerprint density at radius 3 is 2.56 bits per heavy atom. The normalized spacial score (nSPS) is 16.1. The van der Waals surface area contributed by atoms with Crippen molar-refractivity contribution >= 4 is 28.5 Å². The lowest BCUT2D eigenvalue weighted by Gasteiger charge is -2.17.